The lowest BCUT2D eigenvalue weighted by molar-refractivity contribution is 0.881. The molecule has 0 unspecified atom stereocenters. The predicted molar refractivity (Wildman–Crippen MR) is 46.0 cm³/mol. The molecule has 0 aliphatic heterocycles. The fourth-order valence-corrected chi connectivity index (χ4v) is 1.38. The zero-order chi connectivity index (χ0) is 7.40. The molecule has 0 nitrogen and oxygen atoms in total. The van der Waals surface area contributed by atoms with E-state index in [0.717, 1.165) is 0 Å². The fourth-order valence-electron chi connectivity index (χ4n) is 1.38. The molecule has 56 valence electrons. The summed E-state index contributed by atoms with van der Waals surface area (Å²) >= 11 is 0. The first-order valence-corrected chi connectivity index (χ1v) is 4.12. The van der Waals surface area contributed by atoms with Gasteiger partial charge in [-0.05, 0) is 39.5 Å². The average Bonchev–Trinajstić information content (AvgIpc) is 2.14. The maximum Gasteiger partial charge on any atom is -0.0283 e. The van der Waals surface area contributed by atoms with E-state index in [1.165, 1.54) is 25.7 Å². The second-order valence-electron chi connectivity index (χ2n) is 3.04. The van der Waals surface area contributed by atoms with Gasteiger partial charge in [0, 0.05) is 0 Å². The topological polar surface area (TPSA) is 0 Å². The van der Waals surface area contributed by atoms with E-state index in [-0.39, 0.29) is 0 Å². The summed E-state index contributed by atoms with van der Waals surface area (Å²) in [4.78, 5) is 0. The number of hydrogen-bond donors (Lipinski definition) is 0. The average molecular weight is 136 g/mol. The van der Waals surface area contributed by atoms with E-state index in [1.54, 1.807) is 11.1 Å². The monoisotopic (exact) mass is 136 g/mol. The molecule has 0 spiro atoms. The van der Waals surface area contributed by atoms with Crippen molar-refractivity contribution in [1.82, 2.24) is 0 Å². The normalized spacial score (nSPS) is 24.2. The molecule has 0 N–H and O–H groups in total. The molecule has 0 fully saturated rings. The zero-order valence-electron chi connectivity index (χ0n) is 6.98. The molecule has 1 rings (SSSR count). The smallest absolute Gasteiger partial charge is 0.0283 e. The van der Waals surface area contributed by atoms with Gasteiger partial charge < -0.3 is 0 Å². The Bertz CT molecular complexity index is 161. The van der Waals surface area contributed by atoms with Gasteiger partial charge in [0.2, 0.25) is 0 Å². The van der Waals surface area contributed by atoms with Crippen LogP contribution in [0.1, 0.15) is 39.5 Å². The molecule has 1 aliphatic carbocycles. The van der Waals surface area contributed by atoms with Crippen molar-refractivity contribution in [2.75, 3.05) is 0 Å². The third-order valence-corrected chi connectivity index (χ3v) is 2.21. The summed E-state index contributed by atoms with van der Waals surface area (Å²) in [6.07, 6.45) is 9.75. The molecule has 0 saturated carbocycles. The van der Waals surface area contributed by atoms with Gasteiger partial charge in [0.15, 0.2) is 0 Å². The van der Waals surface area contributed by atoms with Crippen molar-refractivity contribution in [3.63, 3.8) is 0 Å². The van der Waals surface area contributed by atoms with Gasteiger partial charge in [-0.25, -0.2) is 0 Å². The molecule has 0 bridgehead atoms. The summed E-state index contributed by atoms with van der Waals surface area (Å²) < 4.78 is 0. The van der Waals surface area contributed by atoms with Crippen LogP contribution in [-0.2, 0) is 0 Å². The summed E-state index contributed by atoms with van der Waals surface area (Å²) in [7, 11) is 0. The minimum absolute atomic E-state index is 1.26. The minimum atomic E-state index is 1.26. The second-order valence-corrected chi connectivity index (χ2v) is 3.04. The van der Waals surface area contributed by atoms with Crippen LogP contribution in [0.25, 0.3) is 0 Å². The van der Waals surface area contributed by atoms with E-state index in [4.69, 9.17) is 0 Å². The molecule has 10 heavy (non-hydrogen) atoms. The summed E-state index contributed by atoms with van der Waals surface area (Å²) in [6.45, 7) is 4.38. The van der Waals surface area contributed by atoms with Crippen LogP contribution in [-0.4, -0.2) is 0 Å². The van der Waals surface area contributed by atoms with Gasteiger partial charge in [-0.3, -0.25) is 0 Å². The number of hydrogen-bond acceptors (Lipinski definition) is 0. The molecule has 0 heteroatoms. The van der Waals surface area contributed by atoms with Crippen LogP contribution in [0.3, 0.4) is 0 Å². The quantitative estimate of drug-likeness (QED) is 0.447. The van der Waals surface area contributed by atoms with Crippen LogP contribution in [0, 0.1) is 0 Å². The van der Waals surface area contributed by atoms with E-state index in [0.29, 0.717) is 0 Å². The molecular weight excluding hydrogens is 120 g/mol. The highest BCUT2D eigenvalue weighted by Crippen LogP contribution is 2.21. The summed E-state index contributed by atoms with van der Waals surface area (Å²) in [5.74, 6) is 0. The Morgan fingerprint density at radius 3 is 2.80 bits per heavy atom. The van der Waals surface area contributed by atoms with E-state index >= 15 is 0 Å². The summed E-state index contributed by atoms with van der Waals surface area (Å²) in [5, 5.41) is 0. The molecule has 0 saturated heterocycles. The largest absolute Gasteiger partial charge is 0.0884 e. The molecular formula is C10H16. The van der Waals surface area contributed by atoms with Crippen LogP contribution in [0.15, 0.2) is 23.3 Å². The number of allylic oxidation sites excluding steroid dienone is 4. The van der Waals surface area contributed by atoms with Crippen LogP contribution in [0.2, 0.25) is 0 Å². The first-order chi connectivity index (χ1) is 4.83. The van der Waals surface area contributed by atoms with Crippen LogP contribution < -0.4 is 0 Å². The van der Waals surface area contributed by atoms with Crippen LogP contribution in [0.5, 0.6) is 0 Å². The van der Waals surface area contributed by atoms with Gasteiger partial charge in [-0.15, -0.1) is 0 Å². The number of rotatable bonds is 0. The Labute approximate surface area is 63.6 Å². The Morgan fingerprint density at radius 2 is 2.10 bits per heavy atom. The van der Waals surface area contributed by atoms with Crippen molar-refractivity contribution in [2.24, 2.45) is 0 Å². The molecule has 0 amide bonds. The maximum absolute atomic E-state index is 2.37. The van der Waals surface area contributed by atoms with Crippen molar-refractivity contribution in [3.05, 3.63) is 23.3 Å². The molecule has 0 heterocycles. The Balaban J connectivity index is 2.51. The standard InChI is InChI=1S/C10H16/c1-3-10-6-4-5-9(2)7-8-10/h3,5H,4,6-8H2,1-2H3/b10-3+. The van der Waals surface area contributed by atoms with Crippen molar-refractivity contribution in [2.45, 2.75) is 39.5 Å². The second kappa shape index (κ2) is 3.60. The first kappa shape index (κ1) is 7.59. The van der Waals surface area contributed by atoms with Crippen LogP contribution >= 0.6 is 0 Å². The maximum atomic E-state index is 2.37. The SMILES string of the molecule is C/C=C1\CCC=C(C)CC1. The lowest BCUT2D eigenvalue weighted by atomic mass is 10.1. The van der Waals surface area contributed by atoms with Crippen molar-refractivity contribution in [3.8, 4) is 0 Å². The Kier molecular flexibility index (Phi) is 2.73. The molecule has 0 aromatic rings. The lowest BCUT2D eigenvalue weighted by Crippen LogP contribution is -1.79. The molecule has 0 radical (unpaired) electrons. The van der Waals surface area contributed by atoms with Gasteiger partial charge in [0.25, 0.3) is 0 Å². The van der Waals surface area contributed by atoms with E-state index in [9.17, 15) is 0 Å². The highest BCUT2D eigenvalue weighted by Gasteiger charge is 2.01. The van der Waals surface area contributed by atoms with E-state index in [1.807, 2.05) is 0 Å². The Morgan fingerprint density at radius 1 is 1.30 bits per heavy atom. The summed E-state index contributed by atoms with van der Waals surface area (Å²) in [6, 6.07) is 0. The van der Waals surface area contributed by atoms with Gasteiger partial charge in [0.1, 0.15) is 0 Å². The van der Waals surface area contributed by atoms with Gasteiger partial charge >= 0.3 is 0 Å². The lowest BCUT2D eigenvalue weighted by Gasteiger charge is -1.99. The van der Waals surface area contributed by atoms with E-state index < -0.39 is 0 Å². The predicted octanol–water partition coefficient (Wildman–Crippen LogP) is 3.45. The Hall–Kier alpha value is -0.520. The fraction of sp³-hybridized carbons (Fsp3) is 0.600. The van der Waals surface area contributed by atoms with Crippen molar-refractivity contribution >= 4 is 0 Å². The first-order valence-electron chi connectivity index (χ1n) is 4.12. The van der Waals surface area contributed by atoms with Crippen molar-refractivity contribution < 1.29 is 0 Å². The minimum Gasteiger partial charge on any atom is -0.0884 e. The van der Waals surface area contributed by atoms with Gasteiger partial charge in [-0.2, -0.15) is 0 Å². The molecule has 1 aliphatic rings. The van der Waals surface area contributed by atoms with Crippen molar-refractivity contribution in [1.29, 1.82) is 0 Å². The third kappa shape index (κ3) is 2.02. The summed E-state index contributed by atoms with van der Waals surface area (Å²) in [5.41, 5.74) is 3.20. The van der Waals surface area contributed by atoms with Gasteiger partial charge in [0.05, 0.1) is 0 Å². The highest BCUT2D eigenvalue weighted by atomic mass is 14.1. The van der Waals surface area contributed by atoms with Crippen LogP contribution in [0.4, 0.5) is 0 Å². The highest BCUT2D eigenvalue weighted by molar-refractivity contribution is 5.11. The molecule has 0 aromatic carbocycles. The van der Waals surface area contributed by atoms with E-state index in [2.05, 4.69) is 26.0 Å². The zero-order valence-corrected chi connectivity index (χ0v) is 6.98. The third-order valence-electron chi connectivity index (χ3n) is 2.21. The molecule has 0 aromatic heterocycles. The molecule has 0 atom stereocenters. The van der Waals surface area contributed by atoms with Gasteiger partial charge in [-0.1, -0.05) is 23.3 Å².